The predicted molar refractivity (Wildman–Crippen MR) is 119 cm³/mol. The Balaban J connectivity index is 1.47. The molecule has 1 aromatic heterocycles. The van der Waals surface area contributed by atoms with Crippen molar-refractivity contribution >= 4 is 40.2 Å². The Bertz CT molecular complexity index is 1040. The van der Waals surface area contributed by atoms with Crippen molar-refractivity contribution in [2.75, 3.05) is 12.9 Å². The van der Waals surface area contributed by atoms with Crippen LogP contribution in [0.25, 0.3) is 10.9 Å². The lowest BCUT2D eigenvalue weighted by Crippen LogP contribution is -2.24. The van der Waals surface area contributed by atoms with Gasteiger partial charge in [-0.25, -0.2) is 0 Å². The van der Waals surface area contributed by atoms with Gasteiger partial charge in [0.15, 0.2) is 0 Å². The van der Waals surface area contributed by atoms with Gasteiger partial charge in [-0.2, -0.15) is 0 Å². The molecule has 3 aromatic rings. The van der Waals surface area contributed by atoms with Gasteiger partial charge in [-0.3, -0.25) is 9.78 Å². The predicted octanol–water partition coefficient (Wildman–Crippen LogP) is 5.18. The number of amides is 1. The summed E-state index contributed by atoms with van der Waals surface area (Å²) in [5, 5.41) is 4.78. The van der Waals surface area contributed by atoms with Crippen LogP contribution < -0.4 is 10.1 Å². The van der Waals surface area contributed by atoms with Crippen molar-refractivity contribution in [3.63, 3.8) is 0 Å². The van der Waals surface area contributed by atoms with Gasteiger partial charge in [0.05, 0.1) is 18.4 Å². The van der Waals surface area contributed by atoms with Crippen LogP contribution in [0.3, 0.4) is 0 Å². The average Bonchev–Trinajstić information content (AvgIpc) is 2.75. The number of halogens is 1. The molecule has 1 heterocycles. The van der Waals surface area contributed by atoms with Crippen LogP contribution in [0.15, 0.2) is 47.4 Å². The highest BCUT2D eigenvalue weighted by molar-refractivity contribution is 8.00. The first-order valence-corrected chi connectivity index (χ1v) is 11.1. The lowest BCUT2D eigenvalue weighted by Gasteiger charge is -2.20. The first kappa shape index (κ1) is 20.0. The molecule has 0 fully saturated rings. The van der Waals surface area contributed by atoms with Crippen LogP contribution in [0.1, 0.15) is 29.7 Å². The number of hydrogen-bond acceptors (Lipinski definition) is 4. The zero-order valence-electron chi connectivity index (χ0n) is 16.3. The minimum atomic E-state index is 0.0225. The number of hydrogen-bond donors (Lipinski definition) is 1. The molecule has 0 aliphatic heterocycles. The normalized spacial score (nSPS) is 13.2. The molecular formula is C23H23ClN2O2S. The maximum absolute atomic E-state index is 12.5. The number of ether oxygens (including phenoxy) is 1. The number of rotatable bonds is 6. The highest BCUT2D eigenvalue weighted by Gasteiger charge is 2.19. The van der Waals surface area contributed by atoms with Gasteiger partial charge >= 0.3 is 0 Å². The fourth-order valence-electron chi connectivity index (χ4n) is 3.65. The van der Waals surface area contributed by atoms with E-state index >= 15 is 0 Å². The van der Waals surface area contributed by atoms with Gasteiger partial charge in [-0.15, -0.1) is 11.8 Å². The molecule has 2 aromatic carbocycles. The van der Waals surface area contributed by atoms with Crippen molar-refractivity contribution in [2.45, 2.75) is 37.1 Å². The second-order valence-electron chi connectivity index (χ2n) is 7.15. The summed E-state index contributed by atoms with van der Waals surface area (Å²) in [7, 11) is 1.64. The smallest absolute Gasteiger partial charge is 0.230 e. The quantitative estimate of drug-likeness (QED) is 0.551. The van der Waals surface area contributed by atoms with Crippen LogP contribution in [0, 0.1) is 0 Å². The molecule has 0 radical (unpaired) electrons. The summed E-state index contributed by atoms with van der Waals surface area (Å²) < 4.78 is 5.17. The van der Waals surface area contributed by atoms with Gasteiger partial charge in [0.1, 0.15) is 5.75 Å². The SMILES string of the molecule is COc1ccc(CNC(=O)CSc2c3c(nc4cc(Cl)ccc24)CCCC3)cc1. The summed E-state index contributed by atoms with van der Waals surface area (Å²) in [5.74, 6) is 1.21. The third kappa shape index (κ3) is 4.68. The van der Waals surface area contributed by atoms with Crippen LogP contribution in [-0.4, -0.2) is 23.8 Å². The van der Waals surface area contributed by atoms with Crippen molar-refractivity contribution < 1.29 is 9.53 Å². The van der Waals surface area contributed by atoms with Crippen molar-refractivity contribution in [2.24, 2.45) is 0 Å². The molecule has 0 unspecified atom stereocenters. The summed E-state index contributed by atoms with van der Waals surface area (Å²) >= 11 is 7.79. The minimum absolute atomic E-state index is 0.0225. The lowest BCUT2D eigenvalue weighted by atomic mass is 9.94. The van der Waals surface area contributed by atoms with E-state index in [1.807, 2.05) is 42.5 Å². The molecule has 1 amide bonds. The number of aromatic nitrogens is 1. The van der Waals surface area contributed by atoms with E-state index in [9.17, 15) is 4.79 Å². The molecule has 0 atom stereocenters. The number of carbonyl (C=O) groups is 1. The van der Waals surface area contributed by atoms with E-state index in [1.54, 1.807) is 18.9 Å². The van der Waals surface area contributed by atoms with Crippen molar-refractivity contribution in [3.8, 4) is 5.75 Å². The Hall–Kier alpha value is -2.24. The fraction of sp³-hybridized carbons (Fsp3) is 0.304. The topological polar surface area (TPSA) is 51.2 Å². The maximum atomic E-state index is 12.5. The number of nitrogens with one attached hydrogen (secondary N) is 1. The number of pyridine rings is 1. The highest BCUT2D eigenvalue weighted by Crippen LogP contribution is 2.36. The van der Waals surface area contributed by atoms with Crippen LogP contribution >= 0.6 is 23.4 Å². The second kappa shape index (κ2) is 9.06. The van der Waals surface area contributed by atoms with E-state index in [4.69, 9.17) is 21.3 Å². The van der Waals surface area contributed by atoms with Crippen LogP contribution in [0.4, 0.5) is 0 Å². The minimum Gasteiger partial charge on any atom is -0.497 e. The van der Waals surface area contributed by atoms with E-state index < -0.39 is 0 Å². The third-order valence-corrected chi connectivity index (χ3v) is 6.57. The molecular weight excluding hydrogens is 404 g/mol. The number of fused-ring (bicyclic) bond motifs is 2. The maximum Gasteiger partial charge on any atom is 0.230 e. The third-order valence-electron chi connectivity index (χ3n) is 5.17. The second-order valence-corrected chi connectivity index (χ2v) is 8.57. The zero-order chi connectivity index (χ0) is 20.2. The summed E-state index contributed by atoms with van der Waals surface area (Å²) in [4.78, 5) is 18.5. The molecule has 0 spiro atoms. The molecule has 0 bridgehead atoms. The van der Waals surface area contributed by atoms with Crippen LogP contribution in [-0.2, 0) is 24.2 Å². The van der Waals surface area contributed by atoms with E-state index in [1.165, 1.54) is 23.3 Å². The van der Waals surface area contributed by atoms with Gasteiger partial charge in [-0.1, -0.05) is 29.8 Å². The largest absolute Gasteiger partial charge is 0.497 e. The highest BCUT2D eigenvalue weighted by atomic mass is 35.5. The molecule has 150 valence electrons. The molecule has 1 aliphatic rings. The summed E-state index contributed by atoms with van der Waals surface area (Å²) in [6.07, 6.45) is 4.36. The van der Waals surface area contributed by atoms with E-state index in [0.717, 1.165) is 40.8 Å². The Morgan fingerprint density at radius 3 is 2.76 bits per heavy atom. The lowest BCUT2D eigenvalue weighted by molar-refractivity contribution is -0.118. The molecule has 6 heteroatoms. The first-order valence-electron chi connectivity index (χ1n) is 9.77. The Kier molecular flexibility index (Phi) is 6.26. The van der Waals surface area contributed by atoms with Crippen LogP contribution in [0.2, 0.25) is 5.02 Å². The first-order chi connectivity index (χ1) is 14.1. The van der Waals surface area contributed by atoms with Crippen molar-refractivity contribution in [1.82, 2.24) is 10.3 Å². The molecule has 29 heavy (non-hydrogen) atoms. The van der Waals surface area contributed by atoms with Gasteiger partial charge in [0.2, 0.25) is 5.91 Å². The number of nitrogens with zero attached hydrogens (tertiary/aromatic N) is 1. The van der Waals surface area contributed by atoms with Gasteiger partial charge < -0.3 is 10.1 Å². The van der Waals surface area contributed by atoms with Gasteiger partial charge in [0, 0.05) is 27.5 Å². The number of aryl methyl sites for hydroxylation is 1. The van der Waals surface area contributed by atoms with E-state index in [2.05, 4.69) is 5.32 Å². The molecule has 1 aliphatic carbocycles. The molecule has 4 nitrogen and oxygen atoms in total. The zero-order valence-corrected chi connectivity index (χ0v) is 17.9. The Morgan fingerprint density at radius 1 is 1.17 bits per heavy atom. The monoisotopic (exact) mass is 426 g/mol. The molecule has 0 saturated heterocycles. The number of methoxy groups -OCH3 is 1. The fourth-order valence-corrected chi connectivity index (χ4v) is 4.92. The molecule has 4 rings (SSSR count). The van der Waals surface area contributed by atoms with E-state index in [0.29, 0.717) is 17.3 Å². The van der Waals surface area contributed by atoms with Gasteiger partial charge in [0.25, 0.3) is 0 Å². The molecule has 1 N–H and O–H groups in total. The summed E-state index contributed by atoms with van der Waals surface area (Å²) in [6.45, 7) is 0.508. The van der Waals surface area contributed by atoms with Gasteiger partial charge in [-0.05, 0) is 61.1 Å². The molecule has 0 saturated carbocycles. The number of carbonyl (C=O) groups excluding carboxylic acids is 1. The number of thioether (sulfide) groups is 1. The van der Waals surface area contributed by atoms with E-state index in [-0.39, 0.29) is 5.91 Å². The Labute approximate surface area is 180 Å². The average molecular weight is 427 g/mol. The van der Waals surface area contributed by atoms with Crippen molar-refractivity contribution in [3.05, 3.63) is 64.3 Å². The Morgan fingerprint density at radius 2 is 1.97 bits per heavy atom. The van der Waals surface area contributed by atoms with Crippen LogP contribution in [0.5, 0.6) is 5.75 Å². The standard InChI is InChI=1S/C23H23ClN2O2S/c1-28-17-9-6-15(7-10-17)13-25-22(27)14-29-23-18-4-2-3-5-20(18)26-21-12-16(24)8-11-19(21)23/h6-12H,2-5,13-14H2,1H3,(H,25,27). The summed E-state index contributed by atoms with van der Waals surface area (Å²) in [5.41, 5.74) is 4.43. The summed E-state index contributed by atoms with van der Waals surface area (Å²) in [6, 6.07) is 13.6. The van der Waals surface area contributed by atoms with Crippen molar-refractivity contribution in [1.29, 1.82) is 0 Å². The number of benzene rings is 2.